The first kappa shape index (κ1) is 13.3. The van der Waals surface area contributed by atoms with Gasteiger partial charge in [-0.3, -0.25) is 4.90 Å². The Labute approximate surface area is 103 Å². The first-order chi connectivity index (χ1) is 7.89. The first-order valence-electron chi connectivity index (χ1n) is 6.29. The Balaban J connectivity index is 1.83. The molecule has 1 aliphatic heterocycles. The quantitative estimate of drug-likeness (QED) is 0.769. The second-order valence-corrected chi connectivity index (χ2v) is 7.35. The van der Waals surface area contributed by atoms with Gasteiger partial charge in [-0.1, -0.05) is 12.8 Å². The molecule has 100 valence electrons. The highest BCUT2D eigenvalue weighted by Gasteiger charge is 2.34. The van der Waals surface area contributed by atoms with Crippen molar-refractivity contribution in [1.29, 1.82) is 0 Å². The van der Waals surface area contributed by atoms with Crippen LogP contribution in [0, 0.1) is 0 Å². The average molecular weight is 262 g/mol. The van der Waals surface area contributed by atoms with E-state index in [0.717, 1.165) is 38.8 Å². The van der Waals surface area contributed by atoms with Crippen LogP contribution in [0.3, 0.4) is 0 Å². The summed E-state index contributed by atoms with van der Waals surface area (Å²) in [7, 11) is -3.05. The summed E-state index contributed by atoms with van der Waals surface area (Å²) in [5, 5.41) is 10.3. The van der Waals surface area contributed by atoms with Gasteiger partial charge < -0.3 is 5.11 Å². The van der Waals surface area contributed by atoms with Crippen molar-refractivity contribution >= 4 is 10.0 Å². The van der Waals surface area contributed by atoms with Gasteiger partial charge in [0.15, 0.2) is 0 Å². The zero-order valence-corrected chi connectivity index (χ0v) is 11.2. The molecule has 1 saturated heterocycles. The maximum Gasteiger partial charge on any atom is 0.211 e. The van der Waals surface area contributed by atoms with Crippen molar-refractivity contribution in [3.8, 4) is 0 Å². The number of β-amino-alcohol motifs (C(OH)–C–C–N with tert-alkyl or cyclic N) is 1. The highest BCUT2D eigenvalue weighted by molar-refractivity contribution is 7.88. The lowest BCUT2D eigenvalue weighted by Gasteiger charge is -2.37. The number of piperazine rings is 1. The standard InChI is InChI=1S/C11H22N2O3S/c1-17(15,16)13-8-6-12(7-9-13)10-11(14)4-2-3-5-11/h14H,2-10H2,1H3. The second-order valence-electron chi connectivity index (χ2n) is 5.37. The van der Waals surface area contributed by atoms with Crippen LogP contribution in [0.15, 0.2) is 0 Å². The summed E-state index contributed by atoms with van der Waals surface area (Å²) < 4.78 is 24.2. The van der Waals surface area contributed by atoms with Gasteiger partial charge in [0.2, 0.25) is 10.0 Å². The fourth-order valence-electron chi connectivity index (χ4n) is 2.83. The molecular formula is C11H22N2O3S. The van der Waals surface area contributed by atoms with Crippen molar-refractivity contribution < 1.29 is 13.5 Å². The van der Waals surface area contributed by atoms with E-state index in [9.17, 15) is 13.5 Å². The summed E-state index contributed by atoms with van der Waals surface area (Å²) in [6, 6.07) is 0. The SMILES string of the molecule is CS(=O)(=O)N1CCN(CC2(O)CCCC2)CC1. The molecule has 0 atom stereocenters. The molecule has 2 aliphatic rings. The van der Waals surface area contributed by atoms with E-state index in [2.05, 4.69) is 4.90 Å². The second kappa shape index (κ2) is 4.84. The molecule has 0 aromatic carbocycles. The van der Waals surface area contributed by atoms with Crippen molar-refractivity contribution in [2.75, 3.05) is 39.0 Å². The summed E-state index contributed by atoms with van der Waals surface area (Å²) in [6.45, 7) is 3.26. The van der Waals surface area contributed by atoms with Crippen LogP contribution in [0.25, 0.3) is 0 Å². The summed E-state index contributed by atoms with van der Waals surface area (Å²) in [5.74, 6) is 0. The lowest BCUT2D eigenvalue weighted by atomic mass is 10.0. The predicted molar refractivity (Wildman–Crippen MR) is 66.3 cm³/mol. The number of aliphatic hydroxyl groups is 1. The molecule has 17 heavy (non-hydrogen) atoms. The third-order valence-electron chi connectivity index (χ3n) is 3.85. The summed E-state index contributed by atoms with van der Waals surface area (Å²) in [4.78, 5) is 2.19. The van der Waals surface area contributed by atoms with Crippen LogP contribution in [0.5, 0.6) is 0 Å². The van der Waals surface area contributed by atoms with Gasteiger partial charge in [0.05, 0.1) is 11.9 Å². The molecule has 0 aromatic rings. The zero-order valence-electron chi connectivity index (χ0n) is 10.4. The largest absolute Gasteiger partial charge is 0.389 e. The molecule has 1 heterocycles. The van der Waals surface area contributed by atoms with Gasteiger partial charge in [0.1, 0.15) is 0 Å². The molecule has 1 N–H and O–H groups in total. The Bertz CT molecular complexity index is 355. The lowest BCUT2D eigenvalue weighted by molar-refractivity contribution is 0.00174. The van der Waals surface area contributed by atoms with Crippen LogP contribution in [0.1, 0.15) is 25.7 Å². The minimum Gasteiger partial charge on any atom is -0.389 e. The number of sulfonamides is 1. The van der Waals surface area contributed by atoms with Crippen molar-refractivity contribution in [2.45, 2.75) is 31.3 Å². The normalized spacial score (nSPS) is 27.4. The third kappa shape index (κ3) is 3.40. The molecule has 0 amide bonds. The van der Waals surface area contributed by atoms with E-state index in [-0.39, 0.29) is 0 Å². The van der Waals surface area contributed by atoms with E-state index >= 15 is 0 Å². The molecular weight excluding hydrogens is 240 g/mol. The van der Waals surface area contributed by atoms with Crippen LogP contribution >= 0.6 is 0 Å². The minimum absolute atomic E-state index is 0.521. The molecule has 5 nitrogen and oxygen atoms in total. The zero-order chi connectivity index (χ0) is 12.5. The lowest BCUT2D eigenvalue weighted by Crippen LogP contribution is -2.52. The van der Waals surface area contributed by atoms with Gasteiger partial charge in [-0.25, -0.2) is 8.42 Å². The number of hydrogen-bond acceptors (Lipinski definition) is 4. The van der Waals surface area contributed by atoms with Gasteiger partial charge in [0.25, 0.3) is 0 Å². The molecule has 1 saturated carbocycles. The maximum atomic E-state index is 11.4. The average Bonchev–Trinajstić information content (AvgIpc) is 2.64. The van der Waals surface area contributed by atoms with Crippen LogP contribution in [-0.2, 0) is 10.0 Å². The molecule has 2 rings (SSSR count). The highest BCUT2D eigenvalue weighted by atomic mass is 32.2. The van der Waals surface area contributed by atoms with E-state index in [1.807, 2.05) is 0 Å². The van der Waals surface area contributed by atoms with E-state index in [4.69, 9.17) is 0 Å². The number of rotatable bonds is 3. The Morgan fingerprint density at radius 3 is 2.12 bits per heavy atom. The monoisotopic (exact) mass is 262 g/mol. The molecule has 0 aromatic heterocycles. The predicted octanol–water partition coefficient (Wildman–Crippen LogP) is -0.131. The Morgan fingerprint density at radius 2 is 1.65 bits per heavy atom. The Kier molecular flexibility index (Phi) is 3.77. The van der Waals surface area contributed by atoms with E-state index in [0.29, 0.717) is 19.6 Å². The minimum atomic E-state index is -3.05. The third-order valence-corrected chi connectivity index (χ3v) is 5.16. The highest BCUT2D eigenvalue weighted by Crippen LogP contribution is 2.30. The molecule has 6 heteroatoms. The Morgan fingerprint density at radius 1 is 1.12 bits per heavy atom. The maximum absolute atomic E-state index is 11.4. The number of nitrogens with zero attached hydrogens (tertiary/aromatic N) is 2. The van der Waals surface area contributed by atoms with E-state index in [1.54, 1.807) is 0 Å². The fourth-order valence-corrected chi connectivity index (χ4v) is 3.65. The van der Waals surface area contributed by atoms with Crippen molar-refractivity contribution in [2.24, 2.45) is 0 Å². The molecule has 1 aliphatic carbocycles. The topological polar surface area (TPSA) is 60.9 Å². The van der Waals surface area contributed by atoms with Crippen molar-refractivity contribution in [1.82, 2.24) is 9.21 Å². The smallest absolute Gasteiger partial charge is 0.211 e. The van der Waals surface area contributed by atoms with Crippen LogP contribution in [-0.4, -0.2) is 67.3 Å². The van der Waals surface area contributed by atoms with Crippen molar-refractivity contribution in [3.05, 3.63) is 0 Å². The molecule has 2 fully saturated rings. The van der Waals surface area contributed by atoms with Gasteiger partial charge in [-0.05, 0) is 12.8 Å². The van der Waals surface area contributed by atoms with Crippen LogP contribution in [0.4, 0.5) is 0 Å². The van der Waals surface area contributed by atoms with Gasteiger partial charge in [0, 0.05) is 32.7 Å². The summed E-state index contributed by atoms with van der Waals surface area (Å²) in [5.41, 5.74) is -0.521. The Hall–Kier alpha value is -0.170. The van der Waals surface area contributed by atoms with E-state index < -0.39 is 15.6 Å². The first-order valence-corrected chi connectivity index (χ1v) is 8.14. The summed E-state index contributed by atoms with van der Waals surface area (Å²) >= 11 is 0. The number of hydrogen-bond donors (Lipinski definition) is 1. The molecule has 0 radical (unpaired) electrons. The van der Waals surface area contributed by atoms with Crippen LogP contribution in [0.2, 0.25) is 0 Å². The summed E-state index contributed by atoms with van der Waals surface area (Å²) in [6.07, 6.45) is 5.26. The van der Waals surface area contributed by atoms with Gasteiger partial charge in [-0.2, -0.15) is 4.31 Å². The van der Waals surface area contributed by atoms with Gasteiger partial charge >= 0.3 is 0 Å². The van der Waals surface area contributed by atoms with Gasteiger partial charge in [-0.15, -0.1) is 0 Å². The molecule has 0 bridgehead atoms. The fraction of sp³-hybridized carbons (Fsp3) is 1.00. The van der Waals surface area contributed by atoms with Crippen molar-refractivity contribution in [3.63, 3.8) is 0 Å². The molecule has 0 unspecified atom stereocenters. The van der Waals surface area contributed by atoms with Crippen LogP contribution < -0.4 is 0 Å². The molecule has 0 spiro atoms. The van der Waals surface area contributed by atoms with E-state index in [1.165, 1.54) is 10.6 Å².